The van der Waals surface area contributed by atoms with Gasteiger partial charge in [-0.2, -0.15) is 10.2 Å². The van der Waals surface area contributed by atoms with Crippen molar-refractivity contribution in [3.8, 4) is 11.1 Å². The predicted molar refractivity (Wildman–Crippen MR) is 104 cm³/mol. The van der Waals surface area contributed by atoms with E-state index >= 15 is 0 Å². The summed E-state index contributed by atoms with van der Waals surface area (Å²) in [6, 6.07) is 3.87. The molecule has 7 nitrogen and oxygen atoms in total. The summed E-state index contributed by atoms with van der Waals surface area (Å²) in [4.78, 5) is 12.4. The summed E-state index contributed by atoms with van der Waals surface area (Å²) < 4.78 is 3.42. The van der Waals surface area contributed by atoms with Gasteiger partial charge in [-0.05, 0) is 52.3 Å². The molecule has 142 valence electrons. The van der Waals surface area contributed by atoms with Crippen molar-refractivity contribution >= 4 is 11.4 Å². The van der Waals surface area contributed by atoms with Gasteiger partial charge in [0.2, 0.25) is 0 Å². The third-order valence-electron chi connectivity index (χ3n) is 4.06. The minimum absolute atomic E-state index is 0.196. The van der Waals surface area contributed by atoms with Crippen molar-refractivity contribution in [3.63, 3.8) is 0 Å². The van der Waals surface area contributed by atoms with E-state index in [2.05, 4.69) is 15.5 Å². The lowest BCUT2D eigenvalue weighted by atomic mass is 10.1. The Kier molecular flexibility index (Phi) is 4.89. The van der Waals surface area contributed by atoms with Gasteiger partial charge in [0.1, 0.15) is 0 Å². The molecule has 0 atom stereocenters. The fourth-order valence-corrected chi connectivity index (χ4v) is 2.89. The monoisotopic (exact) mass is 367 g/mol. The van der Waals surface area contributed by atoms with Crippen LogP contribution < -0.4 is 5.32 Å². The van der Waals surface area contributed by atoms with Gasteiger partial charge in [0.25, 0.3) is 5.91 Å². The van der Waals surface area contributed by atoms with Crippen LogP contribution in [0.5, 0.6) is 0 Å². The van der Waals surface area contributed by atoms with Crippen LogP contribution in [0.4, 0.5) is 0 Å². The Bertz CT molecular complexity index is 1020. The summed E-state index contributed by atoms with van der Waals surface area (Å²) in [5.74, 6) is -0.196. The zero-order chi connectivity index (χ0) is 19.8. The maximum atomic E-state index is 12.4. The highest BCUT2D eigenvalue weighted by Crippen LogP contribution is 2.25. The first-order chi connectivity index (χ1) is 12.6. The molecule has 0 spiro atoms. The lowest BCUT2D eigenvalue weighted by Crippen LogP contribution is -2.26. The highest BCUT2D eigenvalue weighted by Gasteiger charge is 2.17. The van der Waals surface area contributed by atoms with Gasteiger partial charge in [-0.3, -0.25) is 9.48 Å². The maximum absolute atomic E-state index is 12.4. The molecular weight excluding hydrogens is 342 g/mol. The van der Waals surface area contributed by atoms with Crippen molar-refractivity contribution in [1.29, 1.82) is 0 Å². The molecule has 0 fully saturated rings. The molecule has 3 aromatic rings. The fraction of sp³-hybridized carbons (Fsp3) is 0.350. The standard InChI is InChI=1S/C20H25N5O2/c1-13(2)9-21-19(26)16-10-22-25-7-6-15(8-18(16)25)17-11-24(23-14(17)3)12-20(4,5)27/h6-11,27H,12H2,1-5H3,(H,21,26). The number of carbonyl (C=O) groups excluding carboxylic acids is 1. The van der Waals surface area contributed by atoms with Gasteiger partial charge >= 0.3 is 0 Å². The molecule has 0 radical (unpaired) electrons. The summed E-state index contributed by atoms with van der Waals surface area (Å²) >= 11 is 0. The number of aromatic nitrogens is 4. The van der Waals surface area contributed by atoms with Crippen LogP contribution in [-0.4, -0.2) is 36.0 Å². The Morgan fingerprint density at radius 3 is 2.78 bits per heavy atom. The van der Waals surface area contributed by atoms with E-state index in [0.717, 1.165) is 27.9 Å². The number of nitrogens with zero attached hydrogens (tertiary/aromatic N) is 4. The number of pyridine rings is 1. The molecule has 1 amide bonds. The van der Waals surface area contributed by atoms with Crippen LogP contribution in [0, 0.1) is 6.92 Å². The molecule has 3 aromatic heterocycles. The molecule has 0 aliphatic carbocycles. The average molecular weight is 367 g/mol. The summed E-state index contributed by atoms with van der Waals surface area (Å²) in [5.41, 5.74) is 4.16. The van der Waals surface area contributed by atoms with Crippen molar-refractivity contribution in [3.05, 3.63) is 53.8 Å². The number of amides is 1. The van der Waals surface area contributed by atoms with Crippen LogP contribution in [0.25, 0.3) is 16.6 Å². The van der Waals surface area contributed by atoms with E-state index in [-0.39, 0.29) is 5.91 Å². The van der Waals surface area contributed by atoms with Crippen molar-refractivity contribution in [1.82, 2.24) is 24.7 Å². The minimum Gasteiger partial charge on any atom is -0.389 e. The average Bonchev–Trinajstić information content (AvgIpc) is 3.13. The van der Waals surface area contributed by atoms with Crippen molar-refractivity contribution in [2.24, 2.45) is 0 Å². The SMILES string of the molecule is CC(C)=CNC(=O)c1cnn2ccc(-c3cn(CC(C)(C)O)nc3C)cc12. The molecule has 0 saturated heterocycles. The second-order valence-electron chi connectivity index (χ2n) is 7.64. The van der Waals surface area contributed by atoms with Gasteiger partial charge in [-0.15, -0.1) is 0 Å². The molecule has 3 heterocycles. The summed E-state index contributed by atoms with van der Waals surface area (Å²) in [7, 11) is 0. The molecule has 27 heavy (non-hydrogen) atoms. The highest BCUT2D eigenvalue weighted by molar-refractivity contribution is 6.01. The molecule has 0 aliphatic rings. The van der Waals surface area contributed by atoms with E-state index in [4.69, 9.17) is 0 Å². The molecule has 0 aromatic carbocycles. The van der Waals surface area contributed by atoms with E-state index in [1.165, 1.54) is 0 Å². The topological polar surface area (TPSA) is 84.5 Å². The lowest BCUT2D eigenvalue weighted by Gasteiger charge is -2.16. The van der Waals surface area contributed by atoms with E-state index in [0.29, 0.717) is 12.1 Å². The van der Waals surface area contributed by atoms with Crippen LogP contribution >= 0.6 is 0 Å². The second kappa shape index (κ2) is 7.00. The number of nitrogens with one attached hydrogen (secondary N) is 1. The molecule has 0 bridgehead atoms. The number of aliphatic hydroxyl groups is 1. The van der Waals surface area contributed by atoms with Gasteiger partial charge in [-0.25, -0.2) is 4.52 Å². The number of hydrogen-bond acceptors (Lipinski definition) is 4. The highest BCUT2D eigenvalue weighted by atomic mass is 16.3. The Morgan fingerprint density at radius 2 is 2.11 bits per heavy atom. The molecule has 2 N–H and O–H groups in total. The number of allylic oxidation sites excluding steroid dienone is 1. The number of aryl methyl sites for hydroxylation is 1. The summed E-state index contributed by atoms with van der Waals surface area (Å²) in [6.45, 7) is 9.67. The van der Waals surface area contributed by atoms with Gasteiger partial charge in [0.15, 0.2) is 0 Å². The van der Waals surface area contributed by atoms with Gasteiger partial charge < -0.3 is 10.4 Å². The van der Waals surface area contributed by atoms with Crippen molar-refractivity contribution < 1.29 is 9.90 Å². The summed E-state index contributed by atoms with van der Waals surface area (Å²) in [5, 5.41) is 21.6. The second-order valence-corrected chi connectivity index (χ2v) is 7.64. The van der Waals surface area contributed by atoms with E-state index < -0.39 is 5.60 Å². The largest absolute Gasteiger partial charge is 0.389 e. The first kappa shape index (κ1) is 18.8. The number of carbonyl (C=O) groups is 1. The van der Waals surface area contributed by atoms with Crippen molar-refractivity contribution in [2.75, 3.05) is 0 Å². The zero-order valence-electron chi connectivity index (χ0n) is 16.3. The smallest absolute Gasteiger partial charge is 0.259 e. The van der Waals surface area contributed by atoms with Crippen LogP contribution in [0.1, 0.15) is 43.7 Å². The molecule has 0 aliphatic heterocycles. The lowest BCUT2D eigenvalue weighted by molar-refractivity contribution is 0.0577. The Balaban J connectivity index is 1.98. The molecule has 7 heteroatoms. The Labute approximate surface area is 158 Å². The maximum Gasteiger partial charge on any atom is 0.259 e. The quantitative estimate of drug-likeness (QED) is 0.726. The van der Waals surface area contributed by atoms with E-state index in [9.17, 15) is 9.90 Å². The minimum atomic E-state index is -0.846. The normalized spacial score (nSPS) is 11.6. The van der Waals surface area contributed by atoms with Crippen LogP contribution in [-0.2, 0) is 6.54 Å². The number of fused-ring (bicyclic) bond motifs is 1. The molecular formula is C20H25N5O2. The van der Waals surface area contributed by atoms with Crippen LogP contribution in [0.3, 0.4) is 0 Å². The predicted octanol–water partition coefficient (Wildman–Crippen LogP) is 2.93. The molecule has 0 saturated carbocycles. The Hall–Kier alpha value is -2.93. The molecule has 3 rings (SSSR count). The van der Waals surface area contributed by atoms with Crippen molar-refractivity contribution in [2.45, 2.75) is 46.8 Å². The third kappa shape index (κ3) is 4.25. The van der Waals surface area contributed by atoms with Crippen LogP contribution in [0.15, 0.2) is 42.5 Å². The Morgan fingerprint density at radius 1 is 1.37 bits per heavy atom. The third-order valence-corrected chi connectivity index (χ3v) is 4.06. The fourth-order valence-electron chi connectivity index (χ4n) is 2.89. The van der Waals surface area contributed by atoms with E-state index in [1.807, 2.05) is 45.3 Å². The van der Waals surface area contributed by atoms with Gasteiger partial charge in [0, 0.05) is 24.2 Å². The number of rotatable bonds is 5. The first-order valence-corrected chi connectivity index (χ1v) is 8.82. The first-order valence-electron chi connectivity index (χ1n) is 8.82. The van der Waals surface area contributed by atoms with Crippen LogP contribution in [0.2, 0.25) is 0 Å². The van der Waals surface area contributed by atoms with E-state index in [1.54, 1.807) is 35.4 Å². The van der Waals surface area contributed by atoms with Gasteiger partial charge in [0.05, 0.1) is 35.1 Å². The zero-order valence-corrected chi connectivity index (χ0v) is 16.3. The summed E-state index contributed by atoms with van der Waals surface area (Å²) in [6.07, 6.45) is 6.99. The molecule has 0 unspecified atom stereocenters. The van der Waals surface area contributed by atoms with Gasteiger partial charge in [-0.1, -0.05) is 5.57 Å². The number of hydrogen-bond donors (Lipinski definition) is 2.